The lowest BCUT2D eigenvalue weighted by Crippen LogP contribution is -2.54. The van der Waals surface area contributed by atoms with Gasteiger partial charge >= 0.3 is 5.97 Å². The molecule has 0 fully saturated rings. The smallest absolute Gasteiger partial charge is 0.326 e. The zero-order valence-electron chi connectivity index (χ0n) is 12.1. The average Bonchev–Trinajstić information content (AvgIpc) is 2.34. The Labute approximate surface area is 117 Å². The van der Waals surface area contributed by atoms with Crippen LogP contribution in [0.1, 0.15) is 27.7 Å². The van der Waals surface area contributed by atoms with Gasteiger partial charge < -0.3 is 15.0 Å². The molecule has 6 heteroatoms. The lowest BCUT2D eigenvalue weighted by atomic mass is 9.99. The molecular weight excluding hydrogens is 260 g/mol. The van der Waals surface area contributed by atoms with E-state index in [-0.39, 0.29) is 11.5 Å². The third-order valence-electron chi connectivity index (χ3n) is 3.20. The van der Waals surface area contributed by atoms with E-state index in [1.165, 1.54) is 16.8 Å². The first-order valence-corrected chi connectivity index (χ1v) is 6.40. The molecule has 2 N–H and O–H groups in total. The first-order chi connectivity index (χ1) is 9.17. The van der Waals surface area contributed by atoms with Crippen LogP contribution in [0.25, 0.3) is 0 Å². The van der Waals surface area contributed by atoms with E-state index in [1.54, 1.807) is 39.8 Å². The summed E-state index contributed by atoms with van der Waals surface area (Å²) in [6.45, 7) is 6.56. The van der Waals surface area contributed by atoms with Crippen LogP contribution in [-0.2, 0) is 15.1 Å². The van der Waals surface area contributed by atoms with E-state index in [9.17, 15) is 14.4 Å². The lowest BCUT2D eigenvalue weighted by molar-refractivity contribution is -0.144. The first-order valence-electron chi connectivity index (χ1n) is 6.40. The van der Waals surface area contributed by atoms with E-state index in [0.717, 1.165) is 0 Å². The minimum absolute atomic E-state index is 0.250. The first kappa shape index (κ1) is 15.9. The third kappa shape index (κ3) is 3.26. The summed E-state index contributed by atoms with van der Waals surface area (Å²) in [4.78, 5) is 35.2. The Balaban J connectivity index is 3.04. The third-order valence-corrected chi connectivity index (χ3v) is 3.20. The molecular formula is C14H20N2O4. The van der Waals surface area contributed by atoms with Crippen molar-refractivity contribution in [2.75, 3.05) is 0 Å². The van der Waals surface area contributed by atoms with E-state index < -0.39 is 23.5 Å². The van der Waals surface area contributed by atoms with Crippen LogP contribution in [0.4, 0.5) is 0 Å². The molecule has 1 aromatic heterocycles. The Kier molecular flexibility index (Phi) is 4.70. The number of hydrogen-bond donors (Lipinski definition) is 2. The maximum absolute atomic E-state index is 12.3. The van der Waals surface area contributed by atoms with Crippen molar-refractivity contribution >= 4 is 11.9 Å². The Morgan fingerprint density at radius 1 is 1.30 bits per heavy atom. The van der Waals surface area contributed by atoms with Crippen LogP contribution < -0.4 is 10.9 Å². The maximum Gasteiger partial charge on any atom is 0.326 e. The molecule has 0 aromatic carbocycles. The van der Waals surface area contributed by atoms with Gasteiger partial charge in [0, 0.05) is 12.3 Å². The van der Waals surface area contributed by atoms with Crippen LogP contribution >= 0.6 is 0 Å². The molecule has 0 saturated carbocycles. The lowest BCUT2D eigenvalue weighted by Gasteiger charge is -2.29. The van der Waals surface area contributed by atoms with Crippen molar-refractivity contribution in [2.24, 2.45) is 5.92 Å². The quantitative estimate of drug-likeness (QED) is 0.835. The van der Waals surface area contributed by atoms with E-state index in [4.69, 9.17) is 5.11 Å². The number of nitrogens with zero attached hydrogens (tertiary/aromatic N) is 1. The molecule has 1 aromatic rings. The number of carbonyl (C=O) groups excluding carboxylic acids is 1. The van der Waals surface area contributed by atoms with Crippen LogP contribution in [0.5, 0.6) is 0 Å². The van der Waals surface area contributed by atoms with Crippen LogP contribution in [0.15, 0.2) is 29.2 Å². The van der Waals surface area contributed by atoms with Gasteiger partial charge in [-0.1, -0.05) is 19.9 Å². The summed E-state index contributed by atoms with van der Waals surface area (Å²) in [7, 11) is 0. The number of aromatic nitrogens is 1. The molecule has 1 amide bonds. The van der Waals surface area contributed by atoms with Gasteiger partial charge in [-0.15, -0.1) is 0 Å². The summed E-state index contributed by atoms with van der Waals surface area (Å²) in [5, 5.41) is 11.6. The van der Waals surface area contributed by atoms with Gasteiger partial charge in [-0.25, -0.2) is 4.79 Å². The van der Waals surface area contributed by atoms with E-state index in [1.807, 2.05) is 0 Å². The summed E-state index contributed by atoms with van der Waals surface area (Å²) in [6, 6.07) is 3.60. The molecule has 0 spiro atoms. The van der Waals surface area contributed by atoms with Crippen molar-refractivity contribution < 1.29 is 14.7 Å². The van der Waals surface area contributed by atoms with Crippen molar-refractivity contribution in [1.29, 1.82) is 0 Å². The second-order valence-electron chi connectivity index (χ2n) is 5.50. The molecule has 0 aliphatic heterocycles. The maximum atomic E-state index is 12.3. The Morgan fingerprint density at radius 2 is 1.90 bits per heavy atom. The van der Waals surface area contributed by atoms with Crippen LogP contribution in [-0.4, -0.2) is 27.6 Å². The molecule has 1 heterocycles. The predicted octanol–water partition coefficient (Wildman–Crippen LogP) is 0.809. The molecule has 1 unspecified atom stereocenters. The SMILES string of the molecule is CC(C)C(NC(=O)C(C)(C)n1ccccc1=O)C(=O)O. The average molecular weight is 280 g/mol. The number of carboxylic acid groups (broad SMARTS) is 1. The minimum Gasteiger partial charge on any atom is -0.480 e. The molecule has 0 aliphatic carbocycles. The number of hydrogen-bond acceptors (Lipinski definition) is 3. The molecule has 110 valence electrons. The second-order valence-corrected chi connectivity index (χ2v) is 5.50. The Bertz CT molecular complexity index is 560. The van der Waals surface area contributed by atoms with Crippen LogP contribution in [0, 0.1) is 5.92 Å². The molecule has 6 nitrogen and oxygen atoms in total. The van der Waals surface area contributed by atoms with Crippen molar-refractivity contribution in [3.8, 4) is 0 Å². The Morgan fingerprint density at radius 3 is 2.35 bits per heavy atom. The summed E-state index contributed by atoms with van der Waals surface area (Å²) in [5.41, 5.74) is -1.48. The highest BCUT2D eigenvalue weighted by atomic mass is 16.4. The standard InChI is InChI=1S/C14H20N2O4/c1-9(2)11(12(18)19)15-13(20)14(3,4)16-8-6-5-7-10(16)17/h5-9,11H,1-4H3,(H,15,20)(H,18,19). The van der Waals surface area contributed by atoms with Crippen molar-refractivity contribution in [1.82, 2.24) is 9.88 Å². The number of rotatable bonds is 5. The highest BCUT2D eigenvalue weighted by molar-refractivity contribution is 5.88. The number of carboxylic acids is 1. The normalized spacial score (nSPS) is 13.1. The molecule has 1 rings (SSSR count). The highest BCUT2D eigenvalue weighted by Crippen LogP contribution is 2.14. The van der Waals surface area contributed by atoms with Gasteiger partial charge in [-0.2, -0.15) is 0 Å². The van der Waals surface area contributed by atoms with Crippen LogP contribution in [0.3, 0.4) is 0 Å². The molecule has 0 radical (unpaired) electrons. The zero-order valence-corrected chi connectivity index (χ0v) is 12.1. The van der Waals surface area contributed by atoms with Crippen molar-refractivity contribution in [2.45, 2.75) is 39.3 Å². The molecule has 0 saturated heterocycles. The van der Waals surface area contributed by atoms with Gasteiger partial charge in [-0.05, 0) is 25.8 Å². The number of pyridine rings is 1. The van der Waals surface area contributed by atoms with Crippen molar-refractivity contribution in [3.05, 3.63) is 34.7 Å². The number of nitrogens with one attached hydrogen (secondary N) is 1. The molecule has 1 atom stereocenters. The number of amides is 1. The topological polar surface area (TPSA) is 88.4 Å². The number of carbonyl (C=O) groups is 2. The van der Waals surface area contributed by atoms with Gasteiger partial charge in [0.15, 0.2) is 0 Å². The fourth-order valence-corrected chi connectivity index (χ4v) is 1.83. The van der Waals surface area contributed by atoms with Gasteiger partial charge in [-0.3, -0.25) is 9.59 Å². The van der Waals surface area contributed by atoms with E-state index >= 15 is 0 Å². The minimum atomic E-state index is -1.17. The Hall–Kier alpha value is -2.11. The van der Waals surface area contributed by atoms with E-state index in [2.05, 4.69) is 5.32 Å². The van der Waals surface area contributed by atoms with Crippen LogP contribution in [0.2, 0.25) is 0 Å². The van der Waals surface area contributed by atoms with Gasteiger partial charge in [0.2, 0.25) is 5.91 Å². The summed E-state index contributed by atoms with van der Waals surface area (Å²) >= 11 is 0. The number of aliphatic carboxylic acids is 1. The predicted molar refractivity (Wildman–Crippen MR) is 74.4 cm³/mol. The monoisotopic (exact) mass is 280 g/mol. The zero-order chi connectivity index (χ0) is 15.5. The molecule has 0 aliphatic rings. The van der Waals surface area contributed by atoms with Gasteiger partial charge in [0.1, 0.15) is 11.6 Å². The van der Waals surface area contributed by atoms with Gasteiger partial charge in [0.25, 0.3) is 5.56 Å². The fraction of sp³-hybridized carbons (Fsp3) is 0.500. The van der Waals surface area contributed by atoms with Gasteiger partial charge in [0.05, 0.1) is 0 Å². The van der Waals surface area contributed by atoms with Crippen molar-refractivity contribution in [3.63, 3.8) is 0 Å². The summed E-state index contributed by atoms with van der Waals surface area (Å²) in [5.74, 6) is -1.85. The molecule has 0 bridgehead atoms. The highest BCUT2D eigenvalue weighted by Gasteiger charge is 2.34. The van der Waals surface area contributed by atoms with E-state index in [0.29, 0.717) is 0 Å². The summed E-state index contributed by atoms with van der Waals surface area (Å²) in [6.07, 6.45) is 1.51. The second kappa shape index (κ2) is 5.90. The fourth-order valence-electron chi connectivity index (χ4n) is 1.83. The summed E-state index contributed by atoms with van der Waals surface area (Å²) < 4.78 is 1.28. The molecule has 20 heavy (non-hydrogen) atoms. The largest absolute Gasteiger partial charge is 0.480 e.